The Balaban J connectivity index is 1.92. The van der Waals surface area contributed by atoms with Crippen LogP contribution in [0.1, 0.15) is 0 Å². The molecule has 0 amide bonds. The van der Waals surface area contributed by atoms with Crippen molar-refractivity contribution in [2.45, 2.75) is 0 Å². The standard InChI is InChI=1S/C17H14N4S/c1-21-16(18)10-14(20-21)11-6-2-3-7-12(11)17-19-13-8-4-5-9-15(13)22-17/h2-10H,18H2,1H3. The molecule has 0 fully saturated rings. The molecule has 5 heteroatoms. The van der Waals surface area contributed by atoms with E-state index in [0.717, 1.165) is 27.3 Å². The van der Waals surface area contributed by atoms with Crippen LogP contribution in [0.3, 0.4) is 0 Å². The van der Waals surface area contributed by atoms with Gasteiger partial charge in [-0.3, -0.25) is 4.68 Å². The first-order valence-corrected chi connectivity index (χ1v) is 7.79. The van der Waals surface area contributed by atoms with Gasteiger partial charge in [-0.2, -0.15) is 5.10 Å². The number of rotatable bonds is 2. The van der Waals surface area contributed by atoms with Crippen molar-refractivity contribution < 1.29 is 0 Å². The number of hydrogen-bond donors (Lipinski definition) is 1. The molecule has 4 aromatic rings. The number of nitrogen functional groups attached to an aromatic ring is 1. The summed E-state index contributed by atoms with van der Waals surface area (Å²) in [4.78, 5) is 4.75. The smallest absolute Gasteiger partial charge is 0.125 e. The molecular formula is C17H14N4S. The van der Waals surface area contributed by atoms with Crippen LogP contribution in [0.4, 0.5) is 5.82 Å². The Labute approximate surface area is 131 Å². The molecule has 0 aliphatic rings. The fourth-order valence-corrected chi connectivity index (χ4v) is 3.50. The number of aryl methyl sites for hydroxylation is 1. The number of nitrogens with two attached hydrogens (primary N) is 1. The van der Waals surface area contributed by atoms with Gasteiger partial charge in [0.25, 0.3) is 0 Å². The van der Waals surface area contributed by atoms with Gasteiger partial charge in [0, 0.05) is 24.2 Å². The zero-order valence-electron chi connectivity index (χ0n) is 12.0. The average molecular weight is 306 g/mol. The van der Waals surface area contributed by atoms with Gasteiger partial charge in [0.1, 0.15) is 10.8 Å². The third-order valence-electron chi connectivity index (χ3n) is 3.64. The number of para-hydroxylation sites is 1. The average Bonchev–Trinajstić information content (AvgIpc) is 3.11. The zero-order chi connectivity index (χ0) is 15.1. The van der Waals surface area contributed by atoms with Crippen molar-refractivity contribution in [3.63, 3.8) is 0 Å². The van der Waals surface area contributed by atoms with Gasteiger partial charge in [-0.15, -0.1) is 11.3 Å². The third-order valence-corrected chi connectivity index (χ3v) is 4.71. The third kappa shape index (κ3) is 2.07. The van der Waals surface area contributed by atoms with Crippen LogP contribution in [0.25, 0.3) is 32.0 Å². The second-order valence-electron chi connectivity index (χ2n) is 5.11. The molecule has 0 saturated carbocycles. The van der Waals surface area contributed by atoms with Gasteiger partial charge < -0.3 is 5.73 Å². The fourth-order valence-electron chi connectivity index (χ4n) is 2.49. The summed E-state index contributed by atoms with van der Waals surface area (Å²) in [5, 5.41) is 5.49. The van der Waals surface area contributed by atoms with E-state index in [-0.39, 0.29) is 0 Å². The maximum atomic E-state index is 5.92. The minimum atomic E-state index is 0.647. The van der Waals surface area contributed by atoms with E-state index in [1.807, 2.05) is 43.4 Å². The summed E-state index contributed by atoms with van der Waals surface area (Å²) in [6, 6.07) is 18.3. The number of fused-ring (bicyclic) bond motifs is 1. The fraction of sp³-hybridized carbons (Fsp3) is 0.0588. The quantitative estimate of drug-likeness (QED) is 0.610. The van der Waals surface area contributed by atoms with Gasteiger partial charge in [-0.1, -0.05) is 36.4 Å². The highest BCUT2D eigenvalue weighted by atomic mass is 32.1. The van der Waals surface area contributed by atoms with Crippen molar-refractivity contribution >= 4 is 27.4 Å². The molecule has 0 aliphatic carbocycles. The number of benzene rings is 2. The number of nitrogens with zero attached hydrogens (tertiary/aromatic N) is 3. The Morgan fingerprint density at radius 2 is 1.73 bits per heavy atom. The van der Waals surface area contributed by atoms with Gasteiger partial charge in [-0.05, 0) is 12.1 Å². The normalized spacial score (nSPS) is 11.1. The summed E-state index contributed by atoms with van der Waals surface area (Å²) in [6.45, 7) is 0. The van der Waals surface area contributed by atoms with Crippen LogP contribution < -0.4 is 5.73 Å². The summed E-state index contributed by atoms with van der Waals surface area (Å²) in [5.41, 5.74) is 9.95. The predicted molar refractivity (Wildman–Crippen MR) is 91.7 cm³/mol. The highest BCUT2D eigenvalue weighted by Crippen LogP contribution is 2.36. The lowest BCUT2D eigenvalue weighted by molar-refractivity contribution is 0.782. The number of aromatic nitrogens is 3. The van der Waals surface area contributed by atoms with E-state index in [0.29, 0.717) is 5.82 Å². The predicted octanol–water partition coefficient (Wildman–Crippen LogP) is 3.95. The zero-order valence-corrected chi connectivity index (χ0v) is 12.8. The van der Waals surface area contributed by atoms with E-state index >= 15 is 0 Å². The molecule has 0 saturated heterocycles. The lowest BCUT2D eigenvalue weighted by atomic mass is 10.1. The number of thiazole rings is 1. The van der Waals surface area contributed by atoms with Gasteiger partial charge in [0.2, 0.25) is 0 Å². The molecule has 0 atom stereocenters. The van der Waals surface area contributed by atoms with Crippen LogP contribution in [-0.2, 0) is 7.05 Å². The van der Waals surface area contributed by atoms with Crippen molar-refractivity contribution in [3.8, 4) is 21.8 Å². The van der Waals surface area contributed by atoms with Crippen molar-refractivity contribution in [1.29, 1.82) is 0 Å². The van der Waals surface area contributed by atoms with E-state index in [4.69, 9.17) is 10.7 Å². The van der Waals surface area contributed by atoms with Crippen molar-refractivity contribution in [2.24, 2.45) is 7.05 Å². The van der Waals surface area contributed by atoms with Crippen LogP contribution in [0.2, 0.25) is 0 Å². The Hall–Kier alpha value is -2.66. The molecule has 0 spiro atoms. The van der Waals surface area contributed by atoms with Crippen LogP contribution in [0, 0.1) is 0 Å². The van der Waals surface area contributed by atoms with E-state index in [1.165, 1.54) is 4.70 Å². The van der Waals surface area contributed by atoms with Crippen molar-refractivity contribution in [1.82, 2.24) is 14.8 Å². The minimum absolute atomic E-state index is 0.647. The van der Waals surface area contributed by atoms with Gasteiger partial charge in [0.15, 0.2) is 0 Å². The Morgan fingerprint density at radius 3 is 2.45 bits per heavy atom. The molecule has 0 bridgehead atoms. The lowest BCUT2D eigenvalue weighted by Gasteiger charge is -2.03. The highest BCUT2D eigenvalue weighted by molar-refractivity contribution is 7.21. The highest BCUT2D eigenvalue weighted by Gasteiger charge is 2.14. The SMILES string of the molecule is Cn1nc(-c2ccccc2-c2nc3ccccc3s2)cc1N. The first-order valence-electron chi connectivity index (χ1n) is 6.97. The number of anilines is 1. The molecule has 4 nitrogen and oxygen atoms in total. The molecule has 2 N–H and O–H groups in total. The van der Waals surface area contributed by atoms with Crippen LogP contribution >= 0.6 is 11.3 Å². The van der Waals surface area contributed by atoms with Gasteiger partial charge in [-0.25, -0.2) is 4.98 Å². The van der Waals surface area contributed by atoms with Crippen LogP contribution in [-0.4, -0.2) is 14.8 Å². The summed E-state index contributed by atoms with van der Waals surface area (Å²) in [6.07, 6.45) is 0. The molecule has 0 aliphatic heterocycles. The molecule has 4 rings (SSSR count). The Morgan fingerprint density at radius 1 is 1.00 bits per heavy atom. The monoisotopic (exact) mass is 306 g/mol. The van der Waals surface area contributed by atoms with Gasteiger partial charge >= 0.3 is 0 Å². The van der Waals surface area contributed by atoms with E-state index in [2.05, 4.69) is 23.3 Å². The summed E-state index contributed by atoms with van der Waals surface area (Å²) >= 11 is 1.69. The summed E-state index contributed by atoms with van der Waals surface area (Å²) in [7, 11) is 1.85. The minimum Gasteiger partial charge on any atom is -0.384 e. The summed E-state index contributed by atoms with van der Waals surface area (Å²) < 4.78 is 2.87. The Kier molecular flexibility index (Phi) is 2.94. The lowest BCUT2D eigenvalue weighted by Crippen LogP contribution is -1.96. The molecule has 2 heterocycles. The Bertz CT molecular complexity index is 915. The molecular weight excluding hydrogens is 292 g/mol. The van der Waals surface area contributed by atoms with E-state index < -0.39 is 0 Å². The van der Waals surface area contributed by atoms with E-state index in [1.54, 1.807) is 16.0 Å². The van der Waals surface area contributed by atoms with Crippen LogP contribution in [0.5, 0.6) is 0 Å². The second kappa shape index (κ2) is 4.96. The second-order valence-corrected chi connectivity index (χ2v) is 6.14. The summed E-state index contributed by atoms with van der Waals surface area (Å²) in [5.74, 6) is 0.647. The molecule has 2 aromatic carbocycles. The molecule has 22 heavy (non-hydrogen) atoms. The van der Waals surface area contributed by atoms with Crippen molar-refractivity contribution in [3.05, 3.63) is 54.6 Å². The van der Waals surface area contributed by atoms with Crippen molar-refractivity contribution in [2.75, 3.05) is 5.73 Å². The first kappa shape index (κ1) is 13.0. The molecule has 108 valence electrons. The maximum absolute atomic E-state index is 5.92. The molecule has 0 unspecified atom stereocenters. The molecule has 2 aromatic heterocycles. The molecule has 0 radical (unpaired) electrons. The van der Waals surface area contributed by atoms with Gasteiger partial charge in [0.05, 0.1) is 15.9 Å². The number of hydrogen-bond acceptors (Lipinski definition) is 4. The van der Waals surface area contributed by atoms with Crippen LogP contribution in [0.15, 0.2) is 54.6 Å². The van der Waals surface area contributed by atoms with E-state index in [9.17, 15) is 0 Å². The maximum Gasteiger partial charge on any atom is 0.125 e. The largest absolute Gasteiger partial charge is 0.384 e. The first-order chi connectivity index (χ1) is 10.7. The topological polar surface area (TPSA) is 56.7 Å².